The van der Waals surface area contributed by atoms with Crippen molar-refractivity contribution in [1.29, 1.82) is 0 Å². The number of nitrogens with one attached hydrogen (secondary N) is 2. The second kappa shape index (κ2) is 8.52. The van der Waals surface area contributed by atoms with Gasteiger partial charge in [0.1, 0.15) is 0 Å². The largest absolute Gasteiger partial charge is 0.326 e. The third kappa shape index (κ3) is 4.63. The summed E-state index contributed by atoms with van der Waals surface area (Å²) in [5.74, 6) is -0.203. The SMILES string of the molecule is CCc1cccc(NC(=O)C2CCCN(C(=O)Nc3ccccc3)C2)c1. The first kappa shape index (κ1) is 18.0. The van der Waals surface area contributed by atoms with Crippen LogP contribution in [-0.2, 0) is 11.2 Å². The zero-order valence-electron chi connectivity index (χ0n) is 15.1. The highest BCUT2D eigenvalue weighted by Crippen LogP contribution is 2.20. The van der Waals surface area contributed by atoms with Crippen LogP contribution in [0.15, 0.2) is 54.6 Å². The summed E-state index contributed by atoms with van der Waals surface area (Å²) in [5, 5.41) is 5.89. The van der Waals surface area contributed by atoms with Gasteiger partial charge in [-0.3, -0.25) is 4.79 Å². The first-order chi connectivity index (χ1) is 12.7. The summed E-state index contributed by atoms with van der Waals surface area (Å²) in [6.45, 7) is 3.21. The Balaban J connectivity index is 1.58. The molecule has 5 heteroatoms. The number of urea groups is 1. The molecule has 3 rings (SSSR count). The Morgan fingerprint density at radius 3 is 2.58 bits per heavy atom. The van der Waals surface area contributed by atoms with Gasteiger partial charge in [0.05, 0.1) is 5.92 Å². The van der Waals surface area contributed by atoms with E-state index in [4.69, 9.17) is 0 Å². The van der Waals surface area contributed by atoms with Crippen molar-refractivity contribution in [3.05, 3.63) is 60.2 Å². The zero-order chi connectivity index (χ0) is 18.4. The second-order valence-corrected chi connectivity index (χ2v) is 6.62. The molecule has 0 spiro atoms. The molecule has 0 aliphatic carbocycles. The van der Waals surface area contributed by atoms with E-state index in [-0.39, 0.29) is 17.9 Å². The van der Waals surface area contributed by atoms with E-state index >= 15 is 0 Å². The Kier molecular flexibility index (Phi) is 5.89. The monoisotopic (exact) mass is 351 g/mol. The van der Waals surface area contributed by atoms with Gasteiger partial charge in [0.15, 0.2) is 0 Å². The van der Waals surface area contributed by atoms with E-state index in [2.05, 4.69) is 17.6 Å². The molecule has 0 radical (unpaired) electrons. The maximum Gasteiger partial charge on any atom is 0.321 e. The number of benzene rings is 2. The molecule has 1 atom stereocenters. The molecule has 1 aliphatic rings. The second-order valence-electron chi connectivity index (χ2n) is 6.62. The Morgan fingerprint density at radius 2 is 1.81 bits per heavy atom. The minimum atomic E-state index is -0.185. The zero-order valence-corrected chi connectivity index (χ0v) is 15.1. The summed E-state index contributed by atoms with van der Waals surface area (Å²) in [5.41, 5.74) is 2.77. The average molecular weight is 351 g/mol. The minimum Gasteiger partial charge on any atom is -0.326 e. The highest BCUT2D eigenvalue weighted by molar-refractivity contribution is 5.94. The van der Waals surface area contributed by atoms with Crippen molar-refractivity contribution in [3.8, 4) is 0 Å². The molecule has 1 fully saturated rings. The van der Waals surface area contributed by atoms with Gasteiger partial charge >= 0.3 is 6.03 Å². The van der Waals surface area contributed by atoms with E-state index in [1.807, 2.05) is 54.6 Å². The predicted octanol–water partition coefficient (Wildman–Crippen LogP) is 4.13. The molecule has 2 aromatic rings. The molecule has 2 N–H and O–H groups in total. The highest BCUT2D eigenvalue weighted by atomic mass is 16.2. The number of likely N-dealkylation sites (tertiary alicyclic amines) is 1. The van der Waals surface area contributed by atoms with Crippen molar-refractivity contribution < 1.29 is 9.59 Å². The molecular weight excluding hydrogens is 326 g/mol. The summed E-state index contributed by atoms with van der Waals surface area (Å²) < 4.78 is 0. The molecule has 0 bridgehead atoms. The number of rotatable bonds is 4. The summed E-state index contributed by atoms with van der Waals surface area (Å²) in [6.07, 6.45) is 2.56. The van der Waals surface area contributed by atoms with E-state index in [9.17, 15) is 9.59 Å². The third-order valence-corrected chi connectivity index (χ3v) is 4.71. The molecule has 1 heterocycles. The maximum absolute atomic E-state index is 12.6. The number of hydrogen-bond donors (Lipinski definition) is 2. The highest BCUT2D eigenvalue weighted by Gasteiger charge is 2.28. The fourth-order valence-corrected chi connectivity index (χ4v) is 3.21. The van der Waals surface area contributed by atoms with Crippen LogP contribution in [0.5, 0.6) is 0 Å². The van der Waals surface area contributed by atoms with Gasteiger partial charge in [-0.1, -0.05) is 37.3 Å². The number of aryl methyl sites for hydroxylation is 1. The number of amides is 3. The lowest BCUT2D eigenvalue weighted by Gasteiger charge is -2.32. The van der Waals surface area contributed by atoms with Crippen LogP contribution in [0.1, 0.15) is 25.3 Å². The van der Waals surface area contributed by atoms with E-state index in [1.165, 1.54) is 5.56 Å². The smallest absolute Gasteiger partial charge is 0.321 e. The minimum absolute atomic E-state index is 0.0181. The third-order valence-electron chi connectivity index (χ3n) is 4.71. The van der Waals surface area contributed by atoms with Crippen LogP contribution in [0.4, 0.5) is 16.2 Å². The van der Waals surface area contributed by atoms with E-state index in [0.717, 1.165) is 30.6 Å². The van der Waals surface area contributed by atoms with Gasteiger partial charge in [-0.2, -0.15) is 0 Å². The van der Waals surface area contributed by atoms with Crippen molar-refractivity contribution in [3.63, 3.8) is 0 Å². The molecule has 0 saturated carbocycles. The van der Waals surface area contributed by atoms with E-state index in [1.54, 1.807) is 4.90 Å². The Morgan fingerprint density at radius 1 is 1.04 bits per heavy atom. The van der Waals surface area contributed by atoms with Crippen LogP contribution < -0.4 is 10.6 Å². The molecule has 1 unspecified atom stereocenters. The lowest BCUT2D eigenvalue weighted by molar-refractivity contribution is -0.121. The Bertz CT molecular complexity index is 761. The molecule has 136 valence electrons. The van der Waals surface area contributed by atoms with Gasteiger partial charge in [0, 0.05) is 24.5 Å². The molecule has 5 nitrogen and oxygen atoms in total. The number of carbonyl (C=O) groups excluding carboxylic acids is 2. The van der Waals surface area contributed by atoms with Crippen LogP contribution in [0.2, 0.25) is 0 Å². The number of piperidine rings is 1. The quantitative estimate of drug-likeness (QED) is 0.870. The van der Waals surface area contributed by atoms with Crippen molar-refractivity contribution in [2.45, 2.75) is 26.2 Å². The molecule has 3 amide bonds. The van der Waals surface area contributed by atoms with Gasteiger partial charge in [-0.15, -0.1) is 0 Å². The fourth-order valence-electron chi connectivity index (χ4n) is 3.21. The van der Waals surface area contributed by atoms with Crippen molar-refractivity contribution >= 4 is 23.3 Å². The first-order valence-corrected chi connectivity index (χ1v) is 9.16. The lowest BCUT2D eigenvalue weighted by Crippen LogP contribution is -2.45. The first-order valence-electron chi connectivity index (χ1n) is 9.16. The van der Waals surface area contributed by atoms with Crippen LogP contribution in [-0.4, -0.2) is 29.9 Å². The maximum atomic E-state index is 12.6. The summed E-state index contributed by atoms with van der Waals surface area (Å²) in [6, 6.07) is 17.1. The number of para-hydroxylation sites is 1. The Hall–Kier alpha value is -2.82. The van der Waals surface area contributed by atoms with Crippen LogP contribution in [0, 0.1) is 5.92 Å². The van der Waals surface area contributed by atoms with Gasteiger partial charge < -0.3 is 15.5 Å². The number of carbonyl (C=O) groups is 2. The number of nitrogens with zero attached hydrogens (tertiary/aromatic N) is 1. The number of hydrogen-bond acceptors (Lipinski definition) is 2. The predicted molar refractivity (Wildman–Crippen MR) is 104 cm³/mol. The summed E-state index contributed by atoms with van der Waals surface area (Å²) in [4.78, 5) is 26.8. The Labute approximate surface area is 154 Å². The normalized spacial score (nSPS) is 16.8. The van der Waals surface area contributed by atoms with Crippen LogP contribution >= 0.6 is 0 Å². The van der Waals surface area contributed by atoms with E-state index in [0.29, 0.717) is 13.1 Å². The molecular formula is C21H25N3O2. The van der Waals surface area contributed by atoms with E-state index < -0.39 is 0 Å². The van der Waals surface area contributed by atoms with Gasteiger partial charge in [0.25, 0.3) is 0 Å². The molecule has 0 aromatic heterocycles. The lowest BCUT2D eigenvalue weighted by atomic mass is 9.97. The standard InChI is InChI=1S/C21H25N3O2/c1-2-16-8-6-12-19(14-16)22-20(25)17-9-7-13-24(15-17)21(26)23-18-10-4-3-5-11-18/h3-6,8,10-12,14,17H,2,7,9,13,15H2,1H3,(H,22,25)(H,23,26). The molecule has 2 aromatic carbocycles. The van der Waals surface area contributed by atoms with Crippen LogP contribution in [0.25, 0.3) is 0 Å². The molecule has 1 aliphatic heterocycles. The van der Waals surface area contributed by atoms with Crippen LogP contribution in [0.3, 0.4) is 0 Å². The van der Waals surface area contributed by atoms with Gasteiger partial charge in [-0.05, 0) is 49.1 Å². The van der Waals surface area contributed by atoms with Crippen molar-refractivity contribution in [2.24, 2.45) is 5.92 Å². The summed E-state index contributed by atoms with van der Waals surface area (Å²) >= 11 is 0. The average Bonchev–Trinajstić information content (AvgIpc) is 2.69. The van der Waals surface area contributed by atoms with Crippen molar-refractivity contribution in [2.75, 3.05) is 23.7 Å². The van der Waals surface area contributed by atoms with Gasteiger partial charge in [0.2, 0.25) is 5.91 Å². The van der Waals surface area contributed by atoms with Crippen molar-refractivity contribution in [1.82, 2.24) is 4.90 Å². The fraction of sp³-hybridized carbons (Fsp3) is 0.333. The number of anilines is 2. The molecule has 1 saturated heterocycles. The molecule has 26 heavy (non-hydrogen) atoms. The summed E-state index contributed by atoms with van der Waals surface area (Å²) in [7, 11) is 0. The topological polar surface area (TPSA) is 61.4 Å². The van der Waals surface area contributed by atoms with Gasteiger partial charge in [-0.25, -0.2) is 4.79 Å².